The van der Waals surface area contributed by atoms with E-state index in [-0.39, 0.29) is 5.57 Å². The molecule has 7 heteroatoms. The monoisotopic (exact) mass is 514 g/mol. The van der Waals surface area contributed by atoms with Gasteiger partial charge in [-0.25, -0.2) is 0 Å². The van der Waals surface area contributed by atoms with Gasteiger partial charge in [0.05, 0.1) is 39.8 Å². The summed E-state index contributed by atoms with van der Waals surface area (Å²) in [5, 5.41) is 13.6. The number of ether oxygens (including phenoxy) is 1. The van der Waals surface area contributed by atoms with E-state index < -0.39 is 23.5 Å². The van der Waals surface area contributed by atoms with Gasteiger partial charge in [0.1, 0.15) is 5.75 Å². The van der Waals surface area contributed by atoms with Crippen LogP contribution in [-0.4, -0.2) is 50.4 Å². The zero-order valence-corrected chi connectivity index (χ0v) is 21.4. The van der Waals surface area contributed by atoms with Crippen LogP contribution in [0.4, 0.5) is 0 Å². The molecule has 2 aromatic rings. The number of likely N-dealkylation sites (tertiary alicyclic amines) is 1. The summed E-state index contributed by atoms with van der Waals surface area (Å²) in [6, 6.07) is 11.8. The zero-order chi connectivity index (χ0) is 24.3. The molecule has 1 fully saturated rings. The van der Waals surface area contributed by atoms with E-state index in [1.807, 2.05) is 45.3 Å². The molecular formula is C26H31BrN2O4. The average Bonchev–Trinajstić information content (AvgIpc) is 3.01. The Bertz CT molecular complexity index is 1060. The molecule has 1 aliphatic heterocycles. The normalized spacial score (nSPS) is 17.9. The van der Waals surface area contributed by atoms with Crippen molar-refractivity contribution in [3.05, 3.63) is 69.2 Å². The van der Waals surface area contributed by atoms with Crippen LogP contribution in [0.3, 0.4) is 0 Å². The SMILES string of the molecule is Cc1cc(/C([O-])=C2\C(=O)C(=O)N(CC[NH+](C)C)C2c2ccc(Br)cc2)ccc1OCC(C)C. The molecule has 0 bridgehead atoms. The number of rotatable bonds is 8. The third-order valence-corrected chi connectivity index (χ3v) is 6.11. The van der Waals surface area contributed by atoms with Gasteiger partial charge in [-0.05, 0) is 53.8 Å². The number of amides is 1. The molecule has 1 amide bonds. The Labute approximate surface area is 204 Å². The van der Waals surface area contributed by atoms with Crippen LogP contribution in [0, 0.1) is 12.8 Å². The number of quaternary nitrogens is 1. The quantitative estimate of drug-likeness (QED) is 0.332. The number of benzene rings is 2. The Morgan fingerprint density at radius 1 is 1.15 bits per heavy atom. The minimum atomic E-state index is -0.723. The van der Waals surface area contributed by atoms with Crippen molar-refractivity contribution in [3.8, 4) is 5.75 Å². The maximum Gasteiger partial charge on any atom is 0.295 e. The molecule has 1 unspecified atom stereocenters. The number of ketones is 1. The first-order valence-electron chi connectivity index (χ1n) is 11.1. The molecule has 0 radical (unpaired) electrons. The summed E-state index contributed by atoms with van der Waals surface area (Å²) in [5.74, 6) is -0.677. The lowest BCUT2D eigenvalue weighted by molar-refractivity contribution is -0.857. The number of halogens is 1. The maximum atomic E-state index is 13.6. The van der Waals surface area contributed by atoms with Gasteiger partial charge in [0.25, 0.3) is 5.91 Å². The largest absolute Gasteiger partial charge is 0.872 e. The minimum Gasteiger partial charge on any atom is -0.872 e. The number of nitrogens with zero attached hydrogens (tertiary/aromatic N) is 1. The standard InChI is InChI=1S/C26H31BrN2O4/c1-16(2)15-33-21-11-8-19(14-17(21)3)24(30)22-23(18-6-9-20(27)10-7-18)29(13-12-28(4)5)26(32)25(22)31/h6-11,14,16,23,30H,12-13,15H2,1-5H3/b24-22+. The fraction of sp³-hybridized carbons (Fsp3) is 0.385. The Kier molecular flexibility index (Phi) is 7.97. The molecule has 1 saturated heterocycles. The molecule has 3 rings (SSSR count). The van der Waals surface area contributed by atoms with Gasteiger partial charge in [0.2, 0.25) is 5.78 Å². The van der Waals surface area contributed by atoms with Crippen molar-refractivity contribution in [2.75, 3.05) is 33.8 Å². The van der Waals surface area contributed by atoms with Crippen molar-refractivity contribution in [1.82, 2.24) is 4.90 Å². The highest BCUT2D eigenvalue weighted by atomic mass is 79.9. The van der Waals surface area contributed by atoms with Crippen LogP contribution in [0.2, 0.25) is 0 Å². The molecule has 0 saturated carbocycles. The Balaban J connectivity index is 2.06. The van der Waals surface area contributed by atoms with Gasteiger partial charge < -0.3 is 19.6 Å². The van der Waals surface area contributed by atoms with Gasteiger partial charge in [-0.15, -0.1) is 0 Å². The van der Waals surface area contributed by atoms with Gasteiger partial charge in [0, 0.05) is 10.0 Å². The van der Waals surface area contributed by atoms with E-state index in [0.29, 0.717) is 36.9 Å². The van der Waals surface area contributed by atoms with Crippen molar-refractivity contribution in [2.24, 2.45) is 5.92 Å². The Morgan fingerprint density at radius 2 is 1.82 bits per heavy atom. The highest BCUT2D eigenvalue weighted by Gasteiger charge is 2.44. The second kappa shape index (κ2) is 10.5. The van der Waals surface area contributed by atoms with Gasteiger partial charge in [-0.2, -0.15) is 0 Å². The van der Waals surface area contributed by atoms with E-state index in [0.717, 1.165) is 20.5 Å². The van der Waals surface area contributed by atoms with Crippen molar-refractivity contribution in [3.63, 3.8) is 0 Å². The van der Waals surface area contributed by atoms with Crippen molar-refractivity contribution in [1.29, 1.82) is 0 Å². The average molecular weight is 515 g/mol. The first-order chi connectivity index (χ1) is 15.6. The molecule has 1 aliphatic rings. The number of hydrogen-bond acceptors (Lipinski definition) is 4. The Hall–Kier alpha value is -2.64. The van der Waals surface area contributed by atoms with Crippen LogP contribution < -0.4 is 14.7 Å². The third kappa shape index (κ3) is 5.65. The van der Waals surface area contributed by atoms with Crippen LogP contribution in [0.5, 0.6) is 5.75 Å². The van der Waals surface area contributed by atoms with E-state index in [1.165, 1.54) is 4.90 Å². The molecule has 176 valence electrons. The lowest BCUT2D eigenvalue weighted by Crippen LogP contribution is -3.06. The lowest BCUT2D eigenvalue weighted by Gasteiger charge is -2.28. The zero-order valence-electron chi connectivity index (χ0n) is 19.8. The number of carbonyl (C=O) groups is 2. The molecule has 0 spiro atoms. The van der Waals surface area contributed by atoms with E-state index in [1.54, 1.807) is 18.2 Å². The fourth-order valence-corrected chi connectivity index (χ4v) is 4.07. The number of Topliss-reactive ketones (excluding diaryl/α,β-unsaturated/α-hetero) is 1. The summed E-state index contributed by atoms with van der Waals surface area (Å²) >= 11 is 3.42. The van der Waals surface area contributed by atoms with Crippen LogP contribution in [0.25, 0.3) is 5.76 Å². The topological polar surface area (TPSA) is 74.1 Å². The second-order valence-electron chi connectivity index (χ2n) is 9.17. The molecule has 1 N–H and O–H groups in total. The van der Waals surface area contributed by atoms with Gasteiger partial charge in [-0.1, -0.05) is 53.7 Å². The predicted octanol–water partition coefficient (Wildman–Crippen LogP) is 2.16. The second-order valence-corrected chi connectivity index (χ2v) is 10.1. The smallest absolute Gasteiger partial charge is 0.295 e. The van der Waals surface area contributed by atoms with E-state index in [2.05, 4.69) is 29.8 Å². The van der Waals surface area contributed by atoms with Crippen LogP contribution in [0.1, 0.15) is 36.6 Å². The molecule has 2 aromatic carbocycles. The van der Waals surface area contributed by atoms with Gasteiger partial charge in [0.15, 0.2) is 0 Å². The van der Waals surface area contributed by atoms with E-state index in [9.17, 15) is 14.7 Å². The van der Waals surface area contributed by atoms with Gasteiger partial charge in [-0.3, -0.25) is 9.59 Å². The number of likely N-dealkylation sites (N-methyl/N-ethyl adjacent to an activating group) is 1. The van der Waals surface area contributed by atoms with Crippen molar-refractivity contribution >= 4 is 33.4 Å². The number of carbonyl (C=O) groups excluding carboxylic acids is 2. The maximum absolute atomic E-state index is 13.6. The van der Waals surface area contributed by atoms with Crippen molar-refractivity contribution in [2.45, 2.75) is 26.8 Å². The van der Waals surface area contributed by atoms with Crippen LogP contribution >= 0.6 is 15.9 Å². The first kappa shape index (κ1) is 25.0. The summed E-state index contributed by atoms with van der Waals surface area (Å²) in [5.41, 5.74) is 1.93. The van der Waals surface area contributed by atoms with Crippen LogP contribution in [-0.2, 0) is 9.59 Å². The summed E-state index contributed by atoms with van der Waals surface area (Å²) in [4.78, 5) is 28.7. The summed E-state index contributed by atoms with van der Waals surface area (Å²) in [6.07, 6.45) is 0. The highest BCUT2D eigenvalue weighted by Crippen LogP contribution is 2.39. The summed E-state index contributed by atoms with van der Waals surface area (Å²) in [7, 11) is 3.97. The predicted molar refractivity (Wildman–Crippen MR) is 130 cm³/mol. The molecule has 6 nitrogen and oxygen atoms in total. The van der Waals surface area contributed by atoms with E-state index in [4.69, 9.17) is 4.74 Å². The molecular weight excluding hydrogens is 484 g/mol. The molecule has 0 aromatic heterocycles. The lowest BCUT2D eigenvalue weighted by atomic mass is 9.95. The molecule has 0 aliphatic carbocycles. The van der Waals surface area contributed by atoms with Gasteiger partial charge >= 0.3 is 0 Å². The third-order valence-electron chi connectivity index (χ3n) is 5.58. The van der Waals surface area contributed by atoms with E-state index >= 15 is 0 Å². The molecule has 1 atom stereocenters. The Morgan fingerprint density at radius 3 is 2.39 bits per heavy atom. The number of hydrogen-bond donors (Lipinski definition) is 1. The molecule has 33 heavy (non-hydrogen) atoms. The van der Waals surface area contributed by atoms with Crippen molar-refractivity contribution < 1.29 is 24.3 Å². The first-order valence-corrected chi connectivity index (χ1v) is 11.9. The minimum absolute atomic E-state index is 0.00586. The number of nitrogens with one attached hydrogen (secondary N) is 1. The summed E-state index contributed by atoms with van der Waals surface area (Å²) < 4.78 is 6.70. The molecule has 1 heterocycles. The fourth-order valence-electron chi connectivity index (χ4n) is 3.80. The summed E-state index contributed by atoms with van der Waals surface area (Å²) in [6.45, 7) is 7.63. The number of aryl methyl sites for hydroxylation is 1. The highest BCUT2D eigenvalue weighted by molar-refractivity contribution is 9.10. The van der Waals surface area contributed by atoms with Crippen LogP contribution in [0.15, 0.2) is 52.5 Å².